The summed E-state index contributed by atoms with van der Waals surface area (Å²) in [6.07, 6.45) is -3.25. The van der Waals surface area contributed by atoms with Gasteiger partial charge >= 0.3 is 12.1 Å². The molecule has 0 aliphatic heterocycles. The zero-order chi connectivity index (χ0) is 27.4. The standard InChI is InChI=1S/C26H20F7NO3/c1-3-37-24(35)25(16-7-5-4-6-8-16,14-13-15-9-11-17(36-2)12-10-15)34-23-21(29)19(27)18(26(31,32)33)20(28)22(23)30/h4-14,34H,3H2,1-2H3/b14-13+. The smallest absolute Gasteiger partial charge is 0.422 e. The number of carbonyl (C=O) groups excluding carboxylic acids is 1. The summed E-state index contributed by atoms with van der Waals surface area (Å²) in [7, 11) is 1.45. The van der Waals surface area contributed by atoms with Gasteiger partial charge in [0.25, 0.3) is 0 Å². The van der Waals surface area contributed by atoms with Crippen LogP contribution in [0.5, 0.6) is 5.75 Å². The second kappa shape index (κ2) is 10.9. The number of nitrogens with one attached hydrogen (secondary N) is 1. The summed E-state index contributed by atoms with van der Waals surface area (Å²) < 4.78 is 108. The number of hydrogen-bond acceptors (Lipinski definition) is 4. The number of methoxy groups -OCH3 is 1. The third kappa shape index (κ3) is 5.55. The van der Waals surface area contributed by atoms with Crippen LogP contribution in [-0.4, -0.2) is 19.7 Å². The lowest BCUT2D eigenvalue weighted by molar-refractivity contribution is -0.147. The van der Waals surface area contributed by atoms with Crippen LogP contribution in [0.3, 0.4) is 0 Å². The Balaban J connectivity index is 2.27. The zero-order valence-corrected chi connectivity index (χ0v) is 19.4. The van der Waals surface area contributed by atoms with E-state index in [1.54, 1.807) is 30.3 Å². The Hall–Kier alpha value is -4.02. The van der Waals surface area contributed by atoms with Gasteiger partial charge in [0.2, 0.25) is 0 Å². The van der Waals surface area contributed by atoms with Gasteiger partial charge in [0.15, 0.2) is 28.8 Å². The van der Waals surface area contributed by atoms with Crippen LogP contribution in [-0.2, 0) is 21.2 Å². The average molecular weight is 527 g/mol. The number of esters is 1. The van der Waals surface area contributed by atoms with Gasteiger partial charge in [0.1, 0.15) is 17.0 Å². The average Bonchev–Trinajstić information content (AvgIpc) is 2.87. The minimum absolute atomic E-state index is 0.0118. The molecule has 1 N–H and O–H groups in total. The molecule has 0 aromatic heterocycles. The van der Waals surface area contributed by atoms with Crippen molar-refractivity contribution in [2.75, 3.05) is 19.0 Å². The lowest BCUT2D eigenvalue weighted by Gasteiger charge is -2.32. The molecule has 0 amide bonds. The summed E-state index contributed by atoms with van der Waals surface area (Å²) in [6.45, 7) is 1.24. The highest BCUT2D eigenvalue weighted by atomic mass is 19.4. The fourth-order valence-corrected chi connectivity index (χ4v) is 3.52. The molecule has 0 spiro atoms. The molecule has 3 rings (SSSR count). The number of carbonyl (C=O) groups is 1. The summed E-state index contributed by atoms with van der Waals surface area (Å²) in [5.74, 6) is -10.7. The van der Waals surface area contributed by atoms with Crippen molar-refractivity contribution in [2.45, 2.75) is 18.6 Å². The van der Waals surface area contributed by atoms with Crippen molar-refractivity contribution in [3.63, 3.8) is 0 Å². The maximum absolute atomic E-state index is 14.8. The molecule has 37 heavy (non-hydrogen) atoms. The van der Waals surface area contributed by atoms with E-state index in [4.69, 9.17) is 9.47 Å². The summed E-state index contributed by atoms with van der Waals surface area (Å²) in [6, 6.07) is 13.5. The molecular weight excluding hydrogens is 507 g/mol. The number of rotatable bonds is 8. The first-order valence-corrected chi connectivity index (χ1v) is 10.7. The Kier molecular flexibility index (Phi) is 8.15. The van der Waals surface area contributed by atoms with Crippen molar-refractivity contribution < 1.29 is 45.0 Å². The van der Waals surface area contributed by atoms with Crippen LogP contribution >= 0.6 is 0 Å². The Morgan fingerprint density at radius 2 is 1.46 bits per heavy atom. The lowest BCUT2D eigenvalue weighted by atomic mass is 9.88. The Morgan fingerprint density at radius 1 is 0.892 bits per heavy atom. The highest BCUT2D eigenvalue weighted by molar-refractivity contribution is 5.90. The molecule has 0 bridgehead atoms. The van der Waals surface area contributed by atoms with Crippen molar-refractivity contribution >= 4 is 17.7 Å². The zero-order valence-electron chi connectivity index (χ0n) is 19.4. The van der Waals surface area contributed by atoms with Crippen LogP contribution in [0.15, 0.2) is 60.7 Å². The van der Waals surface area contributed by atoms with Crippen molar-refractivity contribution in [3.8, 4) is 5.75 Å². The van der Waals surface area contributed by atoms with Crippen LogP contribution in [0.4, 0.5) is 36.4 Å². The number of anilines is 1. The van der Waals surface area contributed by atoms with Gasteiger partial charge in [-0.25, -0.2) is 22.4 Å². The second-order valence-electron chi connectivity index (χ2n) is 7.63. The van der Waals surface area contributed by atoms with Crippen LogP contribution < -0.4 is 10.1 Å². The predicted molar refractivity (Wildman–Crippen MR) is 122 cm³/mol. The maximum atomic E-state index is 14.8. The van der Waals surface area contributed by atoms with Crippen LogP contribution in [0.1, 0.15) is 23.6 Å². The predicted octanol–water partition coefficient (Wildman–Crippen LogP) is 6.85. The van der Waals surface area contributed by atoms with E-state index in [9.17, 15) is 35.5 Å². The molecule has 0 radical (unpaired) electrons. The van der Waals surface area contributed by atoms with Gasteiger partial charge in [-0.1, -0.05) is 48.5 Å². The van der Waals surface area contributed by atoms with Crippen molar-refractivity contribution in [1.29, 1.82) is 0 Å². The van der Waals surface area contributed by atoms with Crippen molar-refractivity contribution in [1.82, 2.24) is 0 Å². The van der Waals surface area contributed by atoms with E-state index >= 15 is 0 Å². The Morgan fingerprint density at radius 3 is 1.95 bits per heavy atom. The molecule has 3 aromatic rings. The molecule has 0 saturated carbocycles. The highest BCUT2D eigenvalue weighted by Gasteiger charge is 2.45. The Labute approximate surface area is 207 Å². The molecule has 0 heterocycles. The van der Waals surface area contributed by atoms with Gasteiger partial charge in [-0.2, -0.15) is 13.2 Å². The van der Waals surface area contributed by atoms with Crippen LogP contribution in [0, 0.1) is 23.3 Å². The van der Waals surface area contributed by atoms with Gasteiger partial charge in [-0.15, -0.1) is 0 Å². The van der Waals surface area contributed by atoms with Gasteiger partial charge in [0.05, 0.1) is 13.7 Å². The molecule has 1 unspecified atom stereocenters. The molecule has 4 nitrogen and oxygen atoms in total. The van der Waals surface area contributed by atoms with E-state index in [0.29, 0.717) is 11.3 Å². The van der Waals surface area contributed by atoms with Gasteiger partial charge < -0.3 is 14.8 Å². The van der Waals surface area contributed by atoms with Crippen LogP contribution in [0.25, 0.3) is 6.08 Å². The molecule has 0 fully saturated rings. The largest absolute Gasteiger partial charge is 0.497 e. The number of benzene rings is 3. The highest BCUT2D eigenvalue weighted by Crippen LogP contribution is 2.41. The maximum Gasteiger partial charge on any atom is 0.422 e. The fourth-order valence-electron chi connectivity index (χ4n) is 3.52. The minimum atomic E-state index is -5.72. The normalized spacial score (nSPS) is 13.3. The number of ether oxygens (including phenoxy) is 2. The first kappa shape index (κ1) is 27.6. The summed E-state index contributed by atoms with van der Waals surface area (Å²) >= 11 is 0. The SMILES string of the molecule is CCOC(=O)C(/C=C/c1ccc(OC)cc1)(Nc1c(F)c(F)c(C(F)(F)F)c(F)c1F)c1ccccc1. The molecule has 11 heteroatoms. The first-order valence-electron chi connectivity index (χ1n) is 10.7. The molecule has 1 atom stereocenters. The topological polar surface area (TPSA) is 47.6 Å². The quantitative estimate of drug-likeness (QED) is 0.198. The van der Waals surface area contributed by atoms with E-state index in [1.165, 1.54) is 44.4 Å². The number of hydrogen-bond donors (Lipinski definition) is 1. The lowest BCUT2D eigenvalue weighted by Crippen LogP contribution is -2.44. The number of halogens is 7. The van der Waals surface area contributed by atoms with Gasteiger partial charge in [0, 0.05) is 0 Å². The fraction of sp³-hybridized carbons (Fsp3) is 0.192. The summed E-state index contributed by atoms with van der Waals surface area (Å²) in [5.41, 5.74) is -6.20. The van der Waals surface area contributed by atoms with Crippen molar-refractivity contribution in [3.05, 3.63) is 101 Å². The van der Waals surface area contributed by atoms with Gasteiger partial charge in [-0.3, -0.25) is 0 Å². The molecule has 0 aliphatic rings. The minimum Gasteiger partial charge on any atom is -0.497 e. The second-order valence-corrected chi connectivity index (χ2v) is 7.63. The molecular formula is C26H20F7NO3. The van der Waals surface area contributed by atoms with E-state index in [-0.39, 0.29) is 12.2 Å². The summed E-state index contributed by atoms with van der Waals surface area (Å²) in [4.78, 5) is 13.2. The molecule has 3 aromatic carbocycles. The van der Waals surface area contributed by atoms with E-state index in [1.807, 2.05) is 0 Å². The van der Waals surface area contributed by atoms with E-state index in [2.05, 4.69) is 5.32 Å². The molecule has 0 saturated heterocycles. The third-order valence-corrected chi connectivity index (χ3v) is 5.34. The Bertz CT molecular complexity index is 1260. The first-order chi connectivity index (χ1) is 17.5. The summed E-state index contributed by atoms with van der Waals surface area (Å²) in [5, 5.41) is 2.10. The van der Waals surface area contributed by atoms with Crippen LogP contribution in [0.2, 0.25) is 0 Å². The third-order valence-electron chi connectivity index (χ3n) is 5.34. The molecule has 0 aliphatic carbocycles. The van der Waals surface area contributed by atoms with E-state index < -0.39 is 52.2 Å². The van der Waals surface area contributed by atoms with E-state index in [0.717, 1.165) is 6.08 Å². The molecule has 196 valence electrons. The van der Waals surface area contributed by atoms with Crippen molar-refractivity contribution in [2.24, 2.45) is 0 Å². The monoisotopic (exact) mass is 527 g/mol. The van der Waals surface area contributed by atoms with Gasteiger partial charge in [-0.05, 0) is 36.3 Å². The number of alkyl halides is 3.